The molecule has 2 rings (SSSR count). The zero-order valence-electron chi connectivity index (χ0n) is 12.2. The highest BCUT2D eigenvalue weighted by atomic mass is 79.9. The Hall–Kier alpha value is -1.40. The van der Waals surface area contributed by atoms with E-state index in [-0.39, 0.29) is 0 Å². The van der Waals surface area contributed by atoms with Crippen molar-refractivity contribution in [3.8, 4) is 0 Å². The Morgan fingerprint density at radius 2 is 2.19 bits per heavy atom. The first kappa shape index (κ1) is 16.0. The first-order valence-electron chi connectivity index (χ1n) is 6.84. The molecular weight excluding hydrogens is 348 g/mol. The van der Waals surface area contributed by atoms with E-state index in [1.54, 1.807) is 6.20 Å². The van der Waals surface area contributed by atoms with Crippen LogP contribution in [-0.2, 0) is 6.54 Å². The topological polar surface area (TPSA) is 41.9 Å². The lowest BCUT2D eigenvalue weighted by Gasteiger charge is -2.13. The molecule has 0 fully saturated rings. The normalized spacial score (nSPS) is 10.4. The molecule has 0 aliphatic heterocycles. The molecule has 0 bridgehead atoms. The zero-order chi connectivity index (χ0) is 15.2. The van der Waals surface area contributed by atoms with Crippen LogP contribution in [0.2, 0.25) is 0 Å². The maximum atomic E-state index is 5.31. The molecule has 0 saturated heterocycles. The highest BCUT2D eigenvalue weighted by Crippen LogP contribution is 2.15. The number of aryl methyl sites for hydroxylation is 3. The Balaban J connectivity index is 1.72. The number of rotatable bonds is 5. The quantitative estimate of drug-likeness (QED) is 0.626. The first-order chi connectivity index (χ1) is 10.0. The Kier molecular flexibility index (Phi) is 5.76. The minimum Gasteiger partial charge on any atom is -0.362 e. The van der Waals surface area contributed by atoms with Crippen molar-refractivity contribution in [3.63, 3.8) is 0 Å². The van der Waals surface area contributed by atoms with Gasteiger partial charge in [0, 0.05) is 25.0 Å². The number of nitrogens with zero attached hydrogens (tertiary/aromatic N) is 2. The lowest BCUT2D eigenvalue weighted by Crippen LogP contribution is -2.30. The number of thiocarbonyl (C=S) groups is 1. The minimum atomic E-state index is 0.656. The molecule has 0 amide bonds. The van der Waals surface area contributed by atoms with Crippen LogP contribution >= 0.6 is 28.1 Å². The van der Waals surface area contributed by atoms with Gasteiger partial charge in [-0.2, -0.15) is 5.10 Å². The second-order valence-corrected chi connectivity index (χ2v) is 6.30. The molecular formula is C15H19BrN4S. The summed E-state index contributed by atoms with van der Waals surface area (Å²) in [5.41, 5.74) is 3.50. The number of benzene rings is 1. The van der Waals surface area contributed by atoms with E-state index < -0.39 is 0 Å². The van der Waals surface area contributed by atoms with E-state index in [4.69, 9.17) is 12.2 Å². The van der Waals surface area contributed by atoms with E-state index in [1.807, 2.05) is 10.9 Å². The monoisotopic (exact) mass is 366 g/mol. The summed E-state index contributed by atoms with van der Waals surface area (Å²) in [5, 5.41) is 11.3. The van der Waals surface area contributed by atoms with Gasteiger partial charge >= 0.3 is 0 Å². The van der Waals surface area contributed by atoms with Crippen LogP contribution in [0.3, 0.4) is 0 Å². The molecule has 6 heteroatoms. The summed E-state index contributed by atoms with van der Waals surface area (Å²) in [5.74, 6) is 0. The lowest BCUT2D eigenvalue weighted by atomic mass is 10.1. The SMILES string of the molecule is Cc1ccc(NC(=S)NCCCn2cc(Br)cn2)c(C)c1. The van der Waals surface area contributed by atoms with Gasteiger partial charge in [-0.05, 0) is 60.0 Å². The Bertz CT molecular complexity index is 624. The molecule has 0 atom stereocenters. The molecule has 0 aliphatic rings. The molecule has 1 aromatic heterocycles. The molecule has 2 N–H and O–H groups in total. The summed E-state index contributed by atoms with van der Waals surface area (Å²) < 4.78 is 2.91. The van der Waals surface area contributed by atoms with Gasteiger partial charge in [-0.3, -0.25) is 4.68 Å². The summed E-state index contributed by atoms with van der Waals surface area (Å²) in [6.07, 6.45) is 4.72. The third-order valence-electron chi connectivity index (χ3n) is 3.08. The maximum absolute atomic E-state index is 5.31. The molecule has 1 heterocycles. The van der Waals surface area contributed by atoms with Gasteiger partial charge in [0.05, 0.1) is 10.7 Å². The molecule has 21 heavy (non-hydrogen) atoms. The lowest BCUT2D eigenvalue weighted by molar-refractivity contribution is 0.573. The molecule has 2 aromatic rings. The number of nitrogens with one attached hydrogen (secondary N) is 2. The van der Waals surface area contributed by atoms with E-state index in [2.05, 4.69) is 63.7 Å². The van der Waals surface area contributed by atoms with Crippen LogP contribution in [-0.4, -0.2) is 21.4 Å². The highest BCUT2D eigenvalue weighted by molar-refractivity contribution is 9.10. The standard InChI is InChI=1S/C15H19BrN4S/c1-11-4-5-14(12(2)8-11)19-15(21)17-6-3-7-20-10-13(16)9-18-20/h4-5,8-10H,3,6-7H2,1-2H3,(H2,17,19,21). The Morgan fingerprint density at radius 1 is 1.38 bits per heavy atom. The number of halogens is 1. The Labute approximate surface area is 139 Å². The average molecular weight is 367 g/mol. The Morgan fingerprint density at radius 3 is 2.86 bits per heavy atom. The van der Waals surface area contributed by atoms with Crippen LogP contribution in [0.1, 0.15) is 17.5 Å². The minimum absolute atomic E-state index is 0.656. The second-order valence-electron chi connectivity index (χ2n) is 4.97. The second kappa shape index (κ2) is 7.56. The van der Waals surface area contributed by atoms with Crippen LogP contribution in [0.5, 0.6) is 0 Å². The summed E-state index contributed by atoms with van der Waals surface area (Å²) in [6.45, 7) is 5.84. The maximum Gasteiger partial charge on any atom is 0.170 e. The number of anilines is 1. The van der Waals surface area contributed by atoms with Gasteiger partial charge in [0.1, 0.15) is 0 Å². The average Bonchev–Trinajstić information content (AvgIpc) is 2.84. The smallest absolute Gasteiger partial charge is 0.170 e. The van der Waals surface area contributed by atoms with Gasteiger partial charge in [0.15, 0.2) is 5.11 Å². The molecule has 0 spiro atoms. The van der Waals surface area contributed by atoms with Gasteiger partial charge in [0.25, 0.3) is 0 Å². The van der Waals surface area contributed by atoms with E-state index in [9.17, 15) is 0 Å². The van der Waals surface area contributed by atoms with Crippen molar-refractivity contribution in [1.82, 2.24) is 15.1 Å². The van der Waals surface area contributed by atoms with E-state index in [0.717, 1.165) is 29.7 Å². The third-order valence-corrected chi connectivity index (χ3v) is 3.74. The van der Waals surface area contributed by atoms with Crippen molar-refractivity contribution in [2.75, 3.05) is 11.9 Å². The van der Waals surface area contributed by atoms with Gasteiger partial charge in [-0.1, -0.05) is 17.7 Å². The van der Waals surface area contributed by atoms with Gasteiger partial charge in [-0.25, -0.2) is 0 Å². The number of aromatic nitrogens is 2. The fourth-order valence-corrected chi connectivity index (χ4v) is 2.56. The molecule has 0 radical (unpaired) electrons. The van der Waals surface area contributed by atoms with Crippen LogP contribution in [0.25, 0.3) is 0 Å². The largest absolute Gasteiger partial charge is 0.362 e. The molecule has 0 unspecified atom stereocenters. The summed E-state index contributed by atoms with van der Waals surface area (Å²) in [7, 11) is 0. The van der Waals surface area contributed by atoms with Crippen molar-refractivity contribution in [2.24, 2.45) is 0 Å². The van der Waals surface area contributed by atoms with Crippen LogP contribution in [0.4, 0.5) is 5.69 Å². The summed E-state index contributed by atoms with van der Waals surface area (Å²) in [4.78, 5) is 0. The van der Waals surface area contributed by atoms with Gasteiger partial charge < -0.3 is 10.6 Å². The van der Waals surface area contributed by atoms with Crippen molar-refractivity contribution >= 4 is 38.9 Å². The van der Waals surface area contributed by atoms with E-state index in [1.165, 1.54) is 11.1 Å². The first-order valence-corrected chi connectivity index (χ1v) is 8.05. The zero-order valence-corrected chi connectivity index (χ0v) is 14.6. The van der Waals surface area contributed by atoms with Crippen LogP contribution in [0, 0.1) is 13.8 Å². The van der Waals surface area contributed by atoms with Gasteiger partial charge in [-0.15, -0.1) is 0 Å². The van der Waals surface area contributed by atoms with Crippen molar-refractivity contribution in [3.05, 3.63) is 46.2 Å². The van der Waals surface area contributed by atoms with Crippen molar-refractivity contribution in [2.45, 2.75) is 26.8 Å². The molecule has 1 aromatic carbocycles. The molecule has 112 valence electrons. The van der Waals surface area contributed by atoms with Crippen LogP contribution < -0.4 is 10.6 Å². The number of hydrogen-bond acceptors (Lipinski definition) is 2. The predicted octanol–water partition coefficient (Wildman–Crippen LogP) is 3.64. The van der Waals surface area contributed by atoms with Crippen molar-refractivity contribution in [1.29, 1.82) is 0 Å². The van der Waals surface area contributed by atoms with Crippen LogP contribution in [0.15, 0.2) is 35.1 Å². The summed E-state index contributed by atoms with van der Waals surface area (Å²) in [6, 6.07) is 6.27. The van der Waals surface area contributed by atoms with Crippen molar-refractivity contribution < 1.29 is 0 Å². The van der Waals surface area contributed by atoms with Gasteiger partial charge in [0.2, 0.25) is 0 Å². The number of hydrogen-bond donors (Lipinski definition) is 2. The fraction of sp³-hybridized carbons (Fsp3) is 0.333. The summed E-state index contributed by atoms with van der Waals surface area (Å²) >= 11 is 8.69. The van der Waals surface area contributed by atoms with E-state index >= 15 is 0 Å². The fourth-order valence-electron chi connectivity index (χ4n) is 2.02. The highest BCUT2D eigenvalue weighted by Gasteiger charge is 2.01. The molecule has 0 aliphatic carbocycles. The predicted molar refractivity (Wildman–Crippen MR) is 94.7 cm³/mol. The third kappa shape index (κ3) is 5.13. The molecule has 0 saturated carbocycles. The van der Waals surface area contributed by atoms with E-state index in [0.29, 0.717) is 5.11 Å². The molecule has 4 nitrogen and oxygen atoms in total.